The summed E-state index contributed by atoms with van der Waals surface area (Å²) in [6, 6.07) is 5.56. The number of anilines is 1. The van der Waals surface area contributed by atoms with E-state index in [4.69, 9.17) is 19.1 Å². The highest BCUT2D eigenvalue weighted by Crippen LogP contribution is 2.38. The van der Waals surface area contributed by atoms with Crippen molar-refractivity contribution in [3.8, 4) is 11.4 Å². The zero-order chi connectivity index (χ0) is 26.5. The van der Waals surface area contributed by atoms with Gasteiger partial charge in [-0.3, -0.25) is 9.11 Å². The quantitative estimate of drug-likeness (QED) is 0.400. The van der Waals surface area contributed by atoms with Crippen molar-refractivity contribution in [2.45, 2.75) is 13.0 Å². The molecule has 0 spiro atoms. The van der Waals surface area contributed by atoms with Crippen LogP contribution < -0.4 is 4.90 Å². The molecular formula is C28H27N5O5S. The van der Waals surface area contributed by atoms with Crippen LogP contribution in [-0.4, -0.2) is 86.0 Å². The second kappa shape index (κ2) is 9.82. The Labute approximate surface area is 226 Å². The van der Waals surface area contributed by atoms with E-state index in [1.165, 1.54) is 0 Å². The molecule has 39 heavy (non-hydrogen) atoms. The van der Waals surface area contributed by atoms with E-state index in [0.717, 1.165) is 41.6 Å². The molecule has 2 saturated heterocycles. The molecule has 0 bridgehead atoms. The lowest BCUT2D eigenvalue weighted by Gasteiger charge is -2.28. The third-order valence-corrected chi connectivity index (χ3v) is 8.88. The number of pyridine rings is 1. The summed E-state index contributed by atoms with van der Waals surface area (Å²) in [5, 5.41) is 10.8. The van der Waals surface area contributed by atoms with Gasteiger partial charge in [0.05, 0.1) is 24.2 Å². The third-order valence-electron chi connectivity index (χ3n) is 7.61. The number of allylic oxidation sites excluding steroid dienone is 1. The molecule has 0 saturated carbocycles. The summed E-state index contributed by atoms with van der Waals surface area (Å²) in [5.41, 5.74) is 5.21. The van der Waals surface area contributed by atoms with Gasteiger partial charge in [0.2, 0.25) is 5.71 Å². The highest BCUT2D eigenvalue weighted by atomic mass is 32.2. The Hall–Kier alpha value is -3.67. The lowest BCUT2D eigenvalue weighted by atomic mass is 9.96. The Morgan fingerprint density at radius 3 is 2.72 bits per heavy atom. The number of carboxylic acid groups (broad SMARTS) is 1. The standard InChI is InChI=1S/C28H27N5O5S/c34-28(35)20-5-4-18-2-1-3-19(18)22(20)25-30-23-21-14-17(16-32-8-12-39(36)13-9-32)15-29-27(21)38-24(23)26(31-25)33-6-10-37-11-7-33/h1,3-5,14-15H,2,6-13,16H2,(H,34,35). The maximum absolute atomic E-state index is 12.3. The smallest absolute Gasteiger partial charge is 0.336 e. The number of rotatable bonds is 5. The van der Waals surface area contributed by atoms with Crippen molar-refractivity contribution >= 4 is 50.9 Å². The lowest BCUT2D eigenvalue weighted by Crippen LogP contribution is -2.37. The van der Waals surface area contributed by atoms with Crippen molar-refractivity contribution in [1.82, 2.24) is 19.9 Å². The molecule has 2 aliphatic heterocycles. The predicted molar refractivity (Wildman–Crippen MR) is 148 cm³/mol. The summed E-state index contributed by atoms with van der Waals surface area (Å²) in [5.74, 6) is 1.33. The molecule has 5 heterocycles. The van der Waals surface area contributed by atoms with Crippen LogP contribution in [0.1, 0.15) is 27.0 Å². The Balaban J connectivity index is 1.42. The average molecular weight is 546 g/mol. The Morgan fingerprint density at radius 2 is 1.92 bits per heavy atom. The first-order valence-electron chi connectivity index (χ1n) is 13.1. The topological polar surface area (TPSA) is 122 Å². The molecule has 0 unspecified atom stereocenters. The molecule has 3 aromatic heterocycles. The van der Waals surface area contributed by atoms with Gasteiger partial charge in [0.25, 0.3) is 0 Å². The van der Waals surface area contributed by atoms with Crippen LogP contribution in [0.2, 0.25) is 0 Å². The van der Waals surface area contributed by atoms with Crippen LogP contribution in [0, 0.1) is 0 Å². The van der Waals surface area contributed by atoms with E-state index in [1.54, 1.807) is 6.07 Å². The van der Waals surface area contributed by atoms with Gasteiger partial charge in [-0.05, 0) is 35.2 Å². The highest BCUT2D eigenvalue weighted by Gasteiger charge is 2.27. The maximum atomic E-state index is 12.3. The van der Waals surface area contributed by atoms with E-state index >= 15 is 0 Å². The van der Waals surface area contributed by atoms with Gasteiger partial charge in [-0.2, -0.15) is 0 Å². The van der Waals surface area contributed by atoms with E-state index in [2.05, 4.69) is 14.8 Å². The van der Waals surface area contributed by atoms with Gasteiger partial charge in [0, 0.05) is 66.8 Å². The molecule has 0 amide bonds. The summed E-state index contributed by atoms with van der Waals surface area (Å²) in [4.78, 5) is 31.2. The molecule has 200 valence electrons. The molecule has 1 N–H and O–H groups in total. The minimum absolute atomic E-state index is 0.168. The minimum atomic E-state index is -1.02. The Kier molecular flexibility index (Phi) is 6.14. The molecule has 4 aromatic rings. The Morgan fingerprint density at radius 1 is 1.10 bits per heavy atom. The summed E-state index contributed by atoms with van der Waals surface area (Å²) in [7, 11) is -0.735. The van der Waals surface area contributed by atoms with Gasteiger partial charge in [-0.25, -0.2) is 19.7 Å². The second-order valence-electron chi connectivity index (χ2n) is 10.0. The van der Waals surface area contributed by atoms with Crippen LogP contribution in [-0.2, 0) is 28.5 Å². The van der Waals surface area contributed by atoms with E-state index in [1.807, 2.05) is 30.5 Å². The van der Waals surface area contributed by atoms with Crippen molar-refractivity contribution in [2.75, 3.05) is 55.8 Å². The first-order valence-corrected chi connectivity index (χ1v) is 14.6. The molecule has 1 aromatic carbocycles. The molecule has 3 aliphatic rings. The fourth-order valence-corrected chi connectivity index (χ4v) is 6.72. The fourth-order valence-electron chi connectivity index (χ4n) is 5.59. The SMILES string of the molecule is O=C(O)c1ccc2c(c1-c1nc(N3CCOCC3)c3oc4ncc(CN5CCS(=O)CC5)cc4c3n1)C=CC2. The van der Waals surface area contributed by atoms with Crippen LogP contribution in [0.4, 0.5) is 5.82 Å². The lowest BCUT2D eigenvalue weighted by molar-refractivity contribution is 0.0697. The third kappa shape index (κ3) is 4.40. The zero-order valence-electron chi connectivity index (χ0n) is 21.3. The van der Waals surface area contributed by atoms with E-state index in [0.29, 0.717) is 78.4 Å². The Bertz CT molecular complexity index is 1670. The van der Waals surface area contributed by atoms with E-state index < -0.39 is 16.8 Å². The number of aromatic nitrogens is 3. The number of nitrogens with zero attached hydrogens (tertiary/aromatic N) is 5. The first kappa shape index (κ1) is 24.4. The van der Waals surface area contributed by atoms with Crippen LogP contribution >= 0.6 is 0 Å². The number of fused-ring (bicyclic) bond motifs is 4. The first-order chi connectivity index (χ1) is 19.0. The van der Waals surface area contributed by atoms with Gasteiger partial charge < -0.3 is 19.2 Å². The number of aromatic carboxylic acids is 1. The van der Waals surface area contributed by atoms with Gasteiger partial charge in [-0.1, -0.05) is 18.2 Å². The zero-order valence-corrected chi connectivity index (χ0v) is 22.1. The van der Waals surface area contributed by atoms with Crippen molar-refractivity contribution in [3.63, 3.8) is 0 Å². The summed E-state index contributed by atoms with van der Waals surface area (Å²) < 4.78 is 23.6. The molecular weight excluding hydrogens is 518 g/mol. The van der Waals surface area contributed by atoms with Gasteiger partial charge in [0.15, 0.2) is 17.2 Å². The molecule has 10 nitrogen and oxygen atoms in total. The summed E-state index contributed by atoms with van der Waals surface area (Å²) in [6.07, 6.45) is 6.54. The number of ether oxygens (including phenoxy) is 1. The number of hydrogen-bond donors (Lipinski definition) is 1. The van der Waals surface area contributed by atoms with Gasteiger partial charge >= 0.3 is 5.97 Å². The summed E-state index contributed by atoms with van der Waals surface area (Å²) in [6.45, 7) is 4.67. The highest BCUT2D eigenvalue weighted by molar-refractivity contribution is 7.85. The molecule has 0 radical (unpaired) electrons. The predicted octanol–water partition coefficient (Wildman–Crippen LogP) is 3.11. The minimum Gasteiger partial charge on any atom is -0.478 e. The van der Waals surface area contributed by atoms with Crippen molar-refractivity contribution in [1.29, 1.82) is 0 Å². The molecule has 1 aliphatic carbocycles. The molecule has 2 fully saturated rings. The van der Waals surface area contributed by atoms with E-state index in [-0.39, 0.29) is 5.56 Å². The van der Waals surface area contributed by atoms with Crippen LogP contribution in [0.3, 0.4) is 0 Å². The van der Waals surface area contributed by atoms with Crippen molar-refractivity contribution < 1.29 is 23.3 Å². The summed E-state index contributed by atoms with van der Waals surface area (Å²) >= 11 is 0. The number of morpholine rings is 1. The molecule has 0 atom stereocenters. The van der Waals surface area contributed by atoms with Gasteiger partial charge in [0.1, 0.15) is 5.52 Å². The van der Waals surface area contributed by atoms with Gasteiger partial charge in [-0.15, -0.1) is 0 Å². The number of carboxylic acids is 1. The monoisotopic (exact) mass is 545 g/mol. The van der Waals surface area contributed by atoms with Crippen molar-refractivity contribution in [2.24, 2.45) is 0 Å². The molecule has 11 heteroatoms. The van der Waals surface area contributed by atoms with Crippen LogP contribution in [0.5, 0.6) is 0 Å². The number of furan rings is 1. The van der Waals surface area contributed by atoms with Crippen LogP contribution in [0.15, 0.2) is 34.9 Å². The largest absolute Gasteiger partial charge is 0.478 e. The fraction of sp³-hybridized carbons (Fsp3) is 0.357. The van der Waals surface area contributed by atoms with Crippen molar-refractivity contribution in [3.05, 3.63) is 52.7 Å². The average Bonchev–Trinajstić information content (AvgIpc) is 3.58. The van der Waals surface area contributed by atoms with Crippen LogP contribution in [0.25, 0.3) is 39.7 Å². The van der Waals surface area contributed by atoms with E-state index in [9.17, 15) is 14.1 Å². The maximum Gasteiger partial charge on any atom is 0.336 e. The number of carbonyl (C=O) groups is 1. The normalized spacial score (nSPS) is 18.3. The molecule has 7 rings (SSSR count). The second-order valence-corrected chi connectivity index (χ2v) is 11.7. The number of benzene rings is 1. The number of hydrogen-bond acceptors (Lipinski definition) is 9.